The molecule has 108 valence electrons. The van der Waals surface area contributed by atoms with Gasteiger partial charge in [0.2, 0.25) is 0 Å². The molecule has 2 rings (SSSR count). The normalized spacial score (nSPS) is 10.1. The van der Waals surface area contributed by atoms with E-state index in [9.17, 15) is 14.9 Å². The van der Waals surface area contributed by atoms with E-state index in [0.717, 1.165) is 0 Å². The molecular formula is C13H9BrN2O5. The number of ether oxygens (including phenoxy) is 1. The Bertz CT molecular complexity index is 705. The maximum Gasteiger partial charge on any atom is 0.354 e. The van der Waals surface area contributed by atoms with Gasteiger partial charge in [0.25, 0.3) is 5.69 Å². The van der Waals surface area contributed by atoms with Gasteiger partial charge in [0.1, 0.15) is 22.5 Å². The summed E-state index contributed by atoms with van der Waals surface area (Å²) in [4.78, 5) is 25.0. The molecule has 1 N–H and O–H groups in total. The van der Waals surface area contributed by atoms with E-state index in [1.165, 1.54) is 18.2 Å². The summed E-state index contributed by atoms with van der Waals surface area (Å²) in [7, 11) is 0. The van der Waals surface area contributed by atoms with Crippen molar-refractivity contribution >= 4 is 27.6 Å². The number of hydrogen-bond donors (Lipinski definition) is 1. The minimum absolute atomic E-state index is 0.000881. The zero-order valence-electron chi connectivity index (χ0n) is 10.5. The number of nitro benzene ring substituents is 1. The summed E-state index contributed by atoms with van der Waals surface area (Å²) in [6.07, 6.45) is 0. The average molecular weight is 353 g/mol. The van der Waals surface area contributed by atoms with Crippen molar-refractivity contribution in [1.82, 2.24) is 4.98 Å². The first-order chi connectivity index (χ1) is 9.99. The first-order valence-electron chi connectivity index (χ1n) is 5.74. The fourth-order valence-electron chi connectivity index (χ4n) is 1.58. The van der Waals surface area contributed by atoms with Gasteiger partial charge in [-0.1, -0.05) is 12.1 Å². The van der Waals surface area contributed by atoms with Crippen LogP contribution in [0.1, 0.15) is 16.2 Å². The fourth-order valence-corrected chi connectivity index (χ4v) is 2.11. The Labute approximate surface area is 127 Å². The van der Waals surface area contributed by atoms with Crippen molar-refractivity contribution in [2.24, 2.45) is 0 Å². The number of benzene rings is 1. The van der Waals surface area contributed by atoms with Gasteiger partial charge < -0.3 is 9.84 Å². The quantitative estimate of drug-likeness (QED) is 0.655. The minimum atomic E-state index is -1.13. The standard InChI is InChI=1S/C13H9BrN2O5/c14-12-10(16(19)20)5-2-6-11(12)21-7-8-3-1-4-9(15-8)13(17)18/h1-6H,7H2,(H,17,18). The lowest BCUT2D eigenvalue weighted by molar-refractivity contribution is -0.385. The Balaban J connectivity index is 2.17. The Kier molecular flexibility index (Phi) is 4.49. The first kappa shape index (κ1) is 14.9. The molecule has 0 fully saturated rings. The number of carbonyl (C=O) groups is 1. The minimum Gasteiger partial charge on any atom is -0.486 e. The zero-order chi connectivity index (χ0) is 15.4. The zero-order valence-corrected chi connectivity index (χ0v) is 12.1. The van der Waals surface area contributed by atoms with Crippen LogP contribution in [0.3, 0.4) is 0 Å². The molecule has 0 bridgehead atoms. The Morgan fingerprint density at radius 1 is 1.33 bits per heavy atom. The van der Waals surface area contributed by atoms with E-state index in [-0.39, 0.29) is 28.2 Å². The molecule has 0 unspecified atom stereocenters. The molecule has 21 heavy (non-hydrogen) atoms. The van der Waals surface area contributed by atoms with Crippen molar-refractivity contribution in [3.05, 3.63) is 62.4 Å². The molecular weight excluding hydrogens is 344 g/mol. The van der Waals surface area contributed by atoms with Crippen LogP contribution in [0.15, 0.2) is 40.9 Å². The van der Waals surface area contributed by atoms with E-state index >= 15 is 0 Å². The van der Waals surface area contributed by atoms with Crippen LogP contribution in [-0.2, 0) is 6.61 Å². The number of carboxylic acid groups (broad SMARTS) is 1. The monoisotopic (exact) mass is 352 g/mol. The van der Waals surface area contributed by atoms with E-state index in [4.69, 9.17) is 9.84 Å². The summed E-state index contributed by atoms with van der Waals surface area (Å²) in [6.45, 7) is 0.000881. The van der Waals surface area contributed by atoms with Crippen molar-refractivity contribution in [1.29, 1.82) is 0 Å². The molecule has 0 aliphatic rings. The highest BCUT2D eigenvalue weighted by molar-refractivity contribution is 9.10. The summed E-state index contributed by atoms with van der Waals surface area (Å²) >= 11 is 3.11. The number of aromatic nitrogens is 1. The van der Waals surface area contributed by atoms with E-state index in [1.54, 1.807) is 18.2 Å². The predicted octanol–water partition coefficient (Wildman–Crippen LogP) is 3.03. The molecule has 0 spiro atoms. The molecule has 1 heterocycles. The highest BCUT2D eigenvalue weighted by atomic mass is 79.9. The molecule has 7 nitrogen and oxygen atoms in total. The van der Waals surface area contributed by atoms with Crippen LogP contribution >= 0.6 is 15.9 Å². The van der Waals surface area contributed by atoms with Gasteiger partial charge in [-0.15, -0.1) is 0 Å². The second kappa shape index (κ2) is 6.31. The summed E-state index contributed by atoms with van der Waals surface area (Å²) in [5, 5.41) is 19.7. The van der Waals surface area contributed by atoms with E-state index in [1.807, 2.05) is 0 Å². The van der Waals surface area contributed by atoms with Crippen LogP contribution in [0.5, 0.6) is 5.75 Å². The molecule has 2 aromatic rings. The maximum atomic E-state index is 10.8. The van der Waals surface area contributed by atoms with Crippen LogP contribution in [0.2, 0.25) is 0 Å². The van der Waals surface area contributed by atoms with Crippen LogP contribution in [-0.4, -0.2) is 21.0 Å². The number of hydrogen-bond acceptors (Lipinski definition) is 5. The van der Waals surface area contributed by atoms with Crippen molar-refractivity contribution in [3.8, 4) is 5.75 Å². The third-order valence-electron chi connectivity index (χ3n) is 2.54. The molecule has 0 saturated carbocycles. The van der Waals surface area contributed by atoms with Crippen molar-refractivity contribution < 1.29 is 19.6 Å². The van der Waals surface area contributed by atoms with Crippen molar-refractivity contribution in [2.45, 2.75) is 6.61 Å². The Morgan fingerprint density at radius 3 is 2.71 bits per heavy atom. The predicted molar refractivity (Wildman–Crippen MR) is 76.3 cm³/mol. The van der Waals surface area contributed by atoms with Crippen LogP contribution < -0.4 is 4.74 Å². The lowest BCUT2D eigenvalue weighted by atomic mass is 10.3. The third-order valence-corrected chi connectivity index (χ3v) is 3.34. The molecule has 0 aliphatic carbocycles. The highest BCUT2D eigenvalue weighted by Crippen LogP contribution is 2.34. The van der Waals surface area contributed by atoms with Gasteiger partial charge in [0.15, 0.2) is 0 Å². The highest BCUT2D eigenvalue weighted by Gasteiger charge is 2.16. The molecule has 0 radical (unpaired) electrons. The van der Waals surface area contributed by atoms with Crippen molar-refractivity contribution in [2.75, 3.05) is 0 Å². The topological polar surface area (TPSA) is 103 Å². The number of pyridine rings is 1. The van der Waals surface area contributed by atoms with E-state index in [0.29, 0.717) is 5.69 Å². The summed E-state index contributed by atoms with van der Waals surface area (Å²) in [6, 6.07) is 8.95. The van der Waals surface area contributed by atoms with Gasteiger partial charge >= 0.3 is 5.97 Å². The number of carboxylic acids is 1. The SMILES string of the molecule is O=C(O)c1cccc(COc2cccc([N+](=O)[O-])c2Br)n1. The lowest BCUT2D eigenvalue weighted by Crippen LogP contribution is -2.05. The maximum absolute atomic E-state index is 10.8. The number of nitrogens with zero attached hydrogens (tertiary/aromatic N) is 2. The van der Waals surface area contributed by atoms with E-state index in [2.05, 4.69) is 20.9 Å². The number of rotatable bonds is 5. The molecule has 8 heteroatoms. The molecule has 1 aromatic carbocycles. The summed E-state index contributed by atoms with van der Waals surface area (Å²) in [5.74, 6) is -0.847. The van der Waals surface area contributed by atoms with Crippen LogP contribution in [0.4, 0.5) is 5.69 Å². The number of nitro groups is 1. The lowest BCUT2D eigenvalue weighted by Gasteiger charge is -2.08. The molecule has 0 saturated heterocycles. The molecule has 0 amide bonds. The molecule has 0 aliphatic heterocycles. The van der Waals surface area contributed by atoms with Crippen molar-refractivity contribution in [3.63, 3.8) is 0 Å². The first-order valence-corrected chi connectivity index (χ1v) is 6.53. The Morgan fingerprint density at radius 2 is 2.05 bits per heavy atom. The van der Waals surface area contributed by atoms with Gasteiger partial charge in [0, 0.05) is 6.07 Å². The van der Waals surface area contributed by atoms with Gasteiger partial charge in [-0.25, -0.2) is 9.78 Å². The Hall–Kier alpha value is -2.48. The largest absolute Gasteiger partial charge is 0.486 e. The van der Waals surface area contributed by atoms with Gasteiger partial charge in [0.05, 0.1) is 10.6 Å². The molecule has 1 aromatic heterocycles. The second-order valence-electron chi connectivity index (χ2n) is 3.95. The van der Waals surface area contributed by atoms with Crippen LogP contribution in [0.25, 0.3) is 0 Å². The smallest absolute Gasteiger partial charge is 0.354 e. The van der Waals surface area contributed by atoms with Crippen LogP contribution in [0, 0.1) is 10.1 Å². The van der Waals surface area contributed by atoms with E-state index < -0.39 is 10.9 Å². The average Bonchev–Trinajstić information content (AvgIpc) is 2.46. The second-order valence-corrected chi connectivity index (χ2v) is 4.75. The summed E-state index contributed by atoms with van der Waals surface area (Å²) in [5.41, 5.74) is 0.210. The van der Waals surface area contributed by atoms with Gasteiger partial charge in [-0.05, 0) is 34.1 Å². The fraction of sp³-hybridized carbons (Fsp3) is 0.0769. The third kappa shape index (κ3) is 3.54. The van der Waals surface area contributed by atoms with Gasteiger partial charge in [-0.3, -0.25) is 10.1 Å². The summed E-state index contributed by atoms with van der Waals surface area (Å²) < 4.78 is 5.67. The van der Waals surface area contributed by atoms with Gasteiger partial charge in [-0.2, -0.15) is 0 Å². The molecule has 0 atom stereocenters. The number of aromatic carboxylic acids is 1. The number of halogens is 1.